The van der Waals surface area contributed by atoms with Crippen molar-refractivity contribution in [2.75, 3.05) is 0 Å². The molecule has 3 aliphatic carbocycles. The normalized spacial score (nSPS) is 30.0. The molecule has 2 N–H and O–H groups in total. The molecule has 3 aliphatic rings. The Labute approximate surface area is 168 Å². The fourth-order valence-corrected chi connectivity index (χ4v) is 7.42. The number of fused-ring (bicyclic) bond motifs is 5. The van der Waals surface area contributed by atoms with Crippen LogP contribution >= 0.6 is 0 Å². The van der Waals surface area contributed by atoms with Crippen LogP contribution in [0.5, 0.6) is 11.5 Å². The Balaban J connectivity index is 1.77. The maximum absolute atomic E-state index is 10.4. The maximum Gasteiger partial charge on any atom is 0.121 e. The number of hydrogen-bond donors (Lipinski definition) is 2. The average Bonchev–Trinajstić information content (AvgIpc) is 3.36. The maximum atomic E-state index is 10.4. The van der Waals surface area contributed by atoms with Crippen molar-refractivity contribution < 1.29 is 10.2 Å². The summed E-state index contributed by atoms with van der Waals surface area (Å²) in [5.41, 5.74) is 6.69. The Morgan fingerprint density at radius 1 is 0.714 bits per heavy atom. The minimum Gasteiger partial charge on any atom is -0.507 e. The second-order valence-corrected chi connectivity index (χ2v) is 9.95. The first-order chi connectivity index (χ1) is 13.3. The van der Waals surface area contributed by atoms with E-state index in [9.17, 15) is 10.2 Å². The van der Waals surface area contributed by atoms with Gasteiger partial charge in [0.1, 0.15) is 11.5 Å². The minimum absolute atomic E-state index is 0.0109. The summed E-state index contributed by atoms with van der Waals surface area (Å²) in [6, 6.07) is 8.98. The molecule has 2 aromatic carbocycles. The zero-order valence-corrected chi connectivity index (χ0v) is 17.5. The summed E-state index contributed by atoms with van der Waals surface area (Å²) in [6.07, 6.45) is 6.69. The number of aromatic hydroxyl groups is 2. The summed E-state index contributed by atoms with van der Waals surface area (Å²) in [5.74, 6) is 4.12. The standard InChI is InChI=1S/C26H32O2/c1-14-9-20(10-15(2)24(14)27)26(21-11-16(3)25(28)17(4)12-21)8-7-22-18-5-6-19(13-18)23(22)26/h9-12,18-19,22-23,27-28H,5-8,13H2,1-4H3. The first-order valence-electron chi connectivity index (χ1n) is 10.9. The Kier molecular flexibility index (Phi) is 3.89. The van der Waals surface area contributed by atoms with Crippen LogP contribution in [0.1, 0.15) is 65.5 Å². The van der Waals surface area contributed by atoms with Crippen molar-refractivity contribution >= 4 is 0 Å². The van der Waals surface area contributed by atoms with Gasteiger partial charge in [-0.3, -0.25) is 0 Å². The smallest absolute Gasteiger partial charge is 0.121 e. The zero-order valence-electron chi connectivity index (χ0n) is 17.5. The molecule has 2 bridgehead atoms. The van der Waals surface area contributed by atoms with E-state index in [2.05, 4.69) is 24.3 Å². The van der Waals surface area contributed by atoms with Gasteiger partial charge in [-0.25, -0.2) is 0 Å². The van der Waals surface area contributed by atoms with Crippen LogP contribution in [0.15, 0.2) is 24.3 Å². The summed E-state index contributed by atoms with van der Waals surface area (Å²) < 4.78 is 0. The van der Waals surface area contributed by atoms with Crippen molar-refractivity contribution in [2.45, 2.75) is 65.2 Å². The SMILES string of the molecule is Cc1cc(C2(c3cc(C)c(O)c(C)c3)CCC3C4CCC(C4)C32)cc(C)c1O. The summed E-state index contributed by atoms with van der Waals surface area (Å²) in [5, 5.41) is 20.8. The van der Waals surface area contributed by atoms with Gasteiger partial charge in [0, 0.05) is 5.41 Å². The predicted octanol–water partition coefficient (Wildman–Crippen LogP) is 6.07. The lowest BCUT2D eigenvalue weighted by Gasteiger charge is -2.42. The van der Waals surface area contributed by atoms with Gasteiger partial charge in [0.2, 0.25) is 0 Å². The van der Waals surface area contributed by atoms with Crippen LogP contribution in [-0.4, -0.2) is 10.2 Å². The molecule has 5 rings (SSSR count). The second-order valence-electron chi connectivity index (χ2n) is 9.95. The van der Waals surface area contributed by atoms with E-state index in [1.54, 1.807) is 0 Å². The molecule has 28 heavy (non-hydrogen) atoms. The van der Waals surface area contributed by atoms with Crippen molar-refractivity contribution in [3.8, 4) is 11.5 Å². The summed E-state index contributed by atoms with van der Waals surface area (Å²) in [6.45, 7) is 8.11. The first-order valence-corrected chi connectivity index (χ1v) is 10.9. The number of benzene rings is 2. The van der Waals surface area contributed by atoms with Crippen molar-refractivity contribution in [3.63, 3.8) is 0 Å². The van der Waals surface area contributed by atoms with Crippen LogP contribution < -0.4 is 0 Å². The molecule has 4 atom stereocenters. The molecule has 0 radical (unpaired) electrons. The van der Waals surface area contributed by atoms with E-state index in [4.69, 9.17) is 0 Å². The van der Waals surface area contributed by atoms with Gasteiger partial charge in [0.05, 0.1) is 0 Å². The highest BCUT2D eigenvalue weighted by molar-refractivity contribution is 5.54. The fourth-order valence-electron chi connectivity index (χ4n) is 7.42. The molecule has 3 saturated carbocycles. The molecule has 0 spiro atoms. The van der Waals surface area contributed by atoms with Gasteiger partial charge in [0.15, 0.2) is 0 Å². The molecule has 2 nitrogen and oxygen atoms in total. The summed E-state index contributed by atoms with van der Waals surface area (Å²) in [7, 11) is 0. The Morgan fingerprint density at radius 2 is 1.18 bits per heavy atom. The monoisotopic (exact) mass is 376 g/mol. The van der Waals surface area contributed by atoms with E-state index >= 15 is 0 Å². The molecular weight excluding hydrogens is 344 g/mol. The Bertz CT molecular complexity index is 853. The molecule has 0 heterocycles. The van der Waals surface area contributed by atoms with E-state index in [0.29, 0.717) is 17.4 Å². The van der Waals surface area contributed by atoms with Crippen molar-refractivity contribution in [1.82, 2.24) is 0 Å². The van der Waals surface area contributed by atoms with Crippen LogP contribution in [0.4, 0.5) is 0 Å². The number of rotatable bonds is 2. The third-order valence-corrected chi connectivity index (χ3v) is 8.54. The first kappa shape index (κ1) is 18.1. The molecule has 4 unspecified atom stereocenters. The minimum atomic E-state index is 0.0109. The third-order valence-electron chi connectivity index (χ3n) is 8.54. The van der Waals surface area contributed by atoms with Gasteiger partial charge in [0.25, 0.3) is 0 Å². The molecule has 2 aromatic rings. The number of phenolic OH excluding ortho intramolecular Hbond substituents is 2. The highest BCUT2D eigenvalue weighted by Crippen LogP contribution is 2.67. The molecule has 0 saturated heterocycles. The highest BCUT2D eigenvalue weighted by Gasteiger charge is 2.61. The molecular formula is C26H32O2. The summed E-state index contributed by atoms with van der Waals surface area (Å²) >= 11 is 0. The molecule has 3 fully saturated rings. The molecule has 148 valence electrons. The fraction of sp³-hybridized carbons (Fsp3) is 0.538. The van der Waals surface area contributed by atoms with Gasteiger partial charge in [-0.05, 0) is 117 Å². The number of hydrogen-bond acceptors (Lipinski definition) is 2. The van der Waals surface area contributed by atoms with E-state index in [1.165, 1.54) is 43.2 Å². The number of phenols is 2. The van der Waals surface area contributed by atoms with Gasteiger partial charge in [-0.1, -0.05) is 24.3 Å². The Morgan fingerprint density at radius 3 is 1.68 bits per heavy atom. The van der Waals surface area contributed by atoms with Gasteiger partial charge < -0.3 is 10.2 Å². The van der Waals surface area contributed by atoms with Crippen molar-refractivity contribution in [1.29, 1.82) is 0 Å². The van der Waals surface area contributed by atoms with Crippen LogP contribution in [0, 0.1) is 51.4 Å². The van der Waals surface area contributed by atoms with Gasteiger partial charge in [-0.15, -0.1) is 0 Å². The number of aryl methyl sites for hydroxylation is 4. The van der Waals surface area contributed by atoms with Crippen molar-refractivity contribution in [2.24, 2.45) is 23.7 Å². The van der Waals surface area contributed by atoms with Crippen LogP contribution in [-0.2, 0) is 5.41 Å². The highest BCUT2D eigenvalue weighted by atomic mass is 16.3. The zero-order chi connectivity index (χ0) is 19.8. The lowest BCUT2D eigenvalue weighted by atomic mass is 9.61. The van der Waals surface area contributed by atoms with Crippen LogP contribution in [0.2, 0.25) is 0 Å². The van der Waals surface area contributed by atoms with Gasteiger partial charge >= 0.3 is 0 Å². The van der Waals surface area contributed by atoms with E-state index in [-0.39, 0.29) is 5.41 Å². The van der Waals surface area contributed by atoms with Crippen LogP contribution in [0.25, 0.3) is 0 Å². The van der Waals surface area contributed by atoms with E-state index in [1.807, 2.05) is 27.7 Å². The molecule has 0 aromatic heterocycles. The topological polar surface area (TPSA) is 40.5 Å². The van der Waals surface area contributed by atoms with Gasteiger partial charge in [-0.2, -0.15) is 0 Å². The van der Waals surface area contributed by atoms with E-state index < -0.39 is 0 Å². The second kappa shape index (κ2) is 6.02. The third kappa shape index (κ3) is 2.27. The average molecular weight is 377 g/mol. The quantitative estimate of drug-likeness (QED) is 0.667. The van der Waals surface area contributed by atoms with Crippen molar-refractivity contribution in [3.05, 3.63) is 57.6 Å². The Hall–Kier alpha value is -1.96. The summed E-state index contributed by atoms with van der Waals surface area (Å²) in [4.78, 5) is 0. The molecule has 0 amide bonds. The lowest BCUT2D eigenvalue weighted by molar-refractivity contribution is 0.205. The molecule has 0 aliphatic heterocycles. The predicted molar refractivity (Wildman–Crippen MR) is 113 cm³/mol. The van der Waals surface area contributed by atoms with E-state index in [0.717, 1.165) is 40.0 Å². The lowest BCUT2D eigenvalue weighted by Crippen LogP contribution is -2.38. The largest absolute Gasteiger partial charge is 0.507 e. The molecule has 2 heteroatoms. The van der Waals surface area contributed by atoms with Crippen LogP contribution in [0.3, 0.4) is 0 Å².